The fraction of sp³-hybridized carbons (Fsp3) is 0.429. The largest absolute Gasteiger partial charge is 0.491 e. The van der Waals surface area contributed by atoms with Crippen LogP contribution in [-0.2, 0) is 0 Å². The van der Waals surface area contributed by atoms with Gasteiger partial charge in [-0.15, -0.1) is 10.2 Å². The van der Waals surface area contributed by atoms with Gasteiger partial charge in [0.05, 0.1) is 12.1 Å². The average molecular weight is 261 g/mol. The van der Waals surface area contributed by atoms with Crippen LogP contribution in [0.25, 0.3) is 11.5 Å². The molecule has 0 spiro atoms. The highest BCUT2D eigenvalue weighted by molar-refractivity contribution is 5.55. The maximum Gasteiger partial charge on any atom is 0.247 e. The Morgan fingerprint density at radius 2 is 2.11 bits per heavy atom. The zero-order valence-corrected chi connectivity index (χ0v) is 11.5. The van der Waals surface area contributed by atoms with Gasteiger partial charge in [-0.25, -0.2) is 0 Å². The van der Waals surface area contributed by atoms with Crippen molar-refractivity contribution in [3.8, 4) is 17.2 Å². The highest BCUT2D eigenvalue weighted by Gasteiger charge is 2.14. The lowest BCUT2D eigenvalue weighted by atomic mass is 10.2. The molecular formula is C14H19N3O2. The maximum atomic E-state index is 5.86. The second-order valence-corrected chi connectivity index (χ2v) is 4.65. The van der Waals surface area contributed by atoms with E-state index in [4.69, 9.17) is 14.9 Å². The summed E-state index contributed by atoms with van der Waals surface area (Å²) in [7, 11) is 0. The van der Waals surface area contributed by atoms with Crippen LogP contribution in [0.3, 0.4) is 0 Å². The lowest BCUT2D eigenvalue weighted by molar-refractivity contribution is 0.242. The van der Waals surface area contributed by atoms with Crippen molar-refractivity contribution in [3.05, 3.63) is 30.2 Å². The molecule has 1 heterocycles. The zero-order chi connectivity index (χ0) is 13.8. The molecule has 0 amide bonds. The molecule has 1 aromatic heterocycles. The van der Waals surface area contributed by atoms with Crippen LogP contribution in [0.5, 0.6) is 5.75 Å². The van der Waals surface area contributed by atoms with E-state index in [-0.39, 0.29) is 12.1 Å². The summed E-state index contributed by atoms with van der Waals surface area (Å²) in [4.78, 5) is 0. The van der Waals surface area contributed by atoms with E-state index >= 15 is 0 Å². The number of benzene rings is 1. The van der Waals surface area contributed by atoms with Crippen LogP contribution in [0.15, 0.2) is 28.7 Å². The molecule has 0 aliphatic heterocycles. The van der Waals surface area contributed by atoms with Crippen LogP contribution >= 0.6 is 0 Å². The second kappa shape index (κ2) is 5.84. The van der Waals surface area contributed by atoms with Gasteiger partial charge in [-0.05, 0) is 38.5 Å². The van der Waals surface area contributed by atoms with Gasteiger partial charge in [0.25, 0.3) is 0 Å². The third-order valence-corrected chi connectivity index (χ3v) is 2.65. The molecule has 2 rings (SSSR count). The molecule has 0 fully saturated rings. The van der Waals surface area contributed by atoms with Crippen LogP contribution in [0, 0.1) is 0 Å². The van der Waals surface area contributed by atoms with E-state index in [2.05, 4.69) is 10.2 Å². The van der Waals surface area contributed by atoms with E-state index in [9.17, 15) is 0 Å². The van der Waals surface area contributed by atoms with Gasteiger partial charge in [0.2, 0.25) is 11.8 Å². The standard InChI is InChI=1S/C14H19N3O2/c1-4-12(15)14-17-16-13(19-14)10-6-5-7-11(8-10)18-9(2)3/h5-9,12H,4,15H2,1-3H3. The van der Waals surface area contributed by atoms with Gasteiger partial charge in [-0.2, -0.15) is 0 Å². The number of hydrogen-bond acceptors (Lipinski definition) is 5. The minimum Gasteiger partial charge on any atom is -0.491 e. The van der Waals surface area contributed by atoms with E-state index in [1.165, 1.54) is 0 Å². The highest BCUT2D eigenvalue weighted by atomic mass is 16.5. The molecule has 5 nitrogen and oxygen atoms in total. The van der Waals surface area contributed by atoms with Gasteiger partial charge >= 0.3 is 0 Å². The summed E-state index contributed by atoms with van der Waals surface area (Å²) in [5.41, 5.74) is 6.69. The summed E-state index contributed by atoms with van der Waals surface area (Å²) in [6, 6.07) is 7.38. The Hall–Kier alpha value is -1.88. The molecule has 1 aromatic carbocycles. The minimum absolute atomic E-state index is 0.127. The van der Waals surface area contributed by atoms with E-state index in [1.807, 2.05) is 45.0 Å². The molecule has 102 valence electrons. The van der Waals surface area contributed by atoms with Gasteiger partial charge in [-0.3, -0.25) is 0 Å². The van der Waals surface area contributed by atoms with E-state index in [1.54, 1.807) is 0 Å². The van der Waals surface area contributed by atoms with Gasteiger partial charge in [-0.1, -0.05) is 13.0 Å². The van der Waals surface area contributed by atoms with Crippen LogP contribution in [0.2, 0.25) is 0 Å². The fourth-order valence-corrected chi connectivity index (χ4v) is 1.65. The summed E-state index contributed by atoms with van der Waals surface area (Å²) in [5.74, 6) is 1.72. The number of nitrogens with two attached hydrogens (primary N) is 1. The summed E-state index contributed by atoms with van der Waals surface area (Å²) < 4.78 is 11.2. The molecular weight excluding hydrogens is 242 g/mol. The highest BCUT2D eigenvalue weighted by Crippen LogP contribution is 2.25. The average Bonchev–Trinajstić information content (AvgIpc) is 2.87. The van der Waals surface area contributed by atoms with Crippen molar-refractivity contribution in [2.24, 2.45) is 5.73 Å². The van der Waals surface area contributed by atoms with Gasteiger partial charge in [0.1, 0.15) is 5.75 Å². The third kappa shape index (κ3) is 3.32. The van der Waals surface area contributed by atoms with Crippen molar-refractivity contribution in [1.29, 1.82) is 0 Å². The van der Waals surface area contributed by atoms with Gasteiger partial charge in [0.15, 0.2) is 0 Å². The van der Waals surface area contributed by atoms with E-state index < -0.39 is 0 Å². The Balaban J connectivity index is 2.24. The Morgan fingerprint density at radius 3 is 2.79 bits per heavy atom. The van der Waals surface area contributed by atoms with Crippen molar-refractivity contribution in [2.45, 2.75) is 39.3 Å². The third-order valence-electron chi connectivity index (χ3n) is 2.65. The first-order valence-corrected chi connectivity index (χ1v) is 6.46. The van der Waals surface area contributed by atoms with Gasteiger partial charge < -0.3 is 14.9 Å². The monoisotopic (exact) mass is 261 g/mol. The summed E-state index contributed by atoms with van der Waals surface area (Å²) in [6.07, 6.45) is 0.889. The molecule has 5 heteroatoms. The summed E-state index contributed by atoms with van der Waals surface area (Å²) in [6.45, 7) is 5.95. The lowest BCUT2D eigenvalue weighted by Gasteiger charge is -2.09. The molecule has 2 N–H and O–H groups in total. The Morgan fingerprint density at radius 1 is 1.32 bits per heavy atom. The maximum absolute atomic E-state index is 5.86. The number of rotatable bonds is 5. The van der Waals surface area contributed by atoms with Crippen molar-refractivity contribution in [3.63, 3.8) is 0 Å². The number of nitrogens with zero attached hydrogens (tertiary/aromatic N) is 2. The number of aromatic nitrogens is 2. The predicted molar refractivity (Wildman–Crippen MR) is 72.7 cm³/mol. The van der Waals surface area contributed by atoms with Crippen LogP contribution in [0.1, 0.15) is 39.1 Å². The molecule has 1 atom stereocenters. The Bertz CT molecular complexity index is 537. The number of hydrogen-bond donors (Lipinski definition) is 1. The smallest absolute Gasteiger partial charge is 0.247 e. The Kier molecular flexibility index (Phi) is 4.16. The second-order valence-electron chi connectivity index (χ2n) is 4.65. The van der Waals surface area contributed by atoms with Gasteiger partial charge in [0, 0.05) is 5.56 Å². The molecule has 0 saturated heterocycles. The van der Waals surface area contributed by atoms with Crippen molar-refractivity contribution in [2.75, 3.05) is 0 Å². The molecule has 0 bridgehead atoms. The molecule has 1 unspecified atom stereocenters. The Labute approximate surface area is 112 Å². The molecule has 0 saturated carbocycles. The predicted octanol–water partition coefficient (Wildman–Crippen LogP) is 2.93. The molecule has 0 radical (unpaired) electrons. The topological polar surface area (TPSA) is 74.2 Å². The fourth-order valence-electron chi connectivity index (χ4n) is 1.65. The quantitative estimate of drug-likeness (QED) is 0.895. The van der Waals surface area contributed by atoms with Crippen LogP contribution < -0.4 is 10.5 Å². The first-order valence-electron chi connectivity index (χ1n) is 6.46. The van der Waals surface area contributed by atoms with Crippen LogP contribution in [0.4, 0.5) is 0 Å². The normalized spacial score (nSPS) is 12.7. The molecule has 0 aliphatic carbocycles. The SMILES string of the molecule is CCC(N)c1nnc(-c2cccc(OC(C)C)c2)o1. The van der Waals surface area contributed by atoms with E-state index in [0.29, 0.717) is 11.8 Å². The first kappa shape index (κ1) is 13.5. The van der Waals surface area contributed by atoms with Crippen LogP contribution in [-0.4, -0.2) is 16.3 Å². The number of ether oxygens (including phenoxy) is 1. The molecule has 0 aliphatic rings. The van der Waals surface area contributed by atoms with Crippen molar-refractivity contribution in [1.82, 2.24) is 10.2 Å². The summed E-state index contributed by atoms with van der Waals surface area (Å²) >= 11 is 0. The molecule has 2 aromatic rings. The van der Waals surface area contributed by atoms with Crippen molar-refractivity contribution < 1.29 is 9.15 Å². The zero-order valence-electron chi connectivity index (χ0n) is 11.5. The van der Waals surface area contributed by atoms with Crippen molar-refractivity contribution >= 4 is 0 Å². The summed E-state index contributed by atoms with van der Waals surface area (Å²) in [5, 5.41) is 7.99. The lowest BCUT2D eigenvalue weighted by Crippen LogP contribution is -2.08. The van der Waals surface area contributed by atoms with E-state index in [0.717, 1.165) is 17.7 Å². The minimum atomic E-state index is -0.212. The molecule has 19 heavy (non-hydrogen) atoms. The first-order chi connectivity index (χ1) is 9.10.